The number of fused-ring (bicyclic) bond motifs is 7. The Morgan fingerprint density at radius 3 is 1.01 bits per heavy atom. The molecule has 0 bridgehead atoms. The normalized spacial score (nSPS) is 12.4. The van der Waals surface area contributed by atoms with Crippen LogP contribution in [-0.2, 0) is 10.8 Å². The van der Waals surface area contributed by atoms with Gasteiger partial charge in [0.05, 0.1) is 28.1 Å². The molecule has 0 atom stereocenters. The van der Waals surface area contributed by atoms with Gasteiger partial charge in [0.25, 0.3) is 6.71 Å². The van der Waals surface area contributed by atoms with E-state index in [0.29, 0.717) is 23.3 Å². The maximum Gasteiger partial charge on any atom is 0.252 e. The summed E-state index contributed by atoms with van der Waals surface area (Å²) in [5.74, 6) is 2.19. The molecular weight excluding hydrogens is 1460 g/mol. The summed E-state index contributed by atoms with van der Waals surface area (Å²) in [5, 5.41) is 2.17. The molecule has 0 aliphatic carbocycles. The molecular formula is C111H83BN8. The first-order valence-electron chi connectivity index (χ1n) is 41.4. The third-order valence-corrected chi connectivity index (χ3v) is 23.9. The van der Waals surface area contributed by atoms with Crippen molar-refractivity contribution in [1.29, 1.82) is 0 Å². The molecule has 570 valence electrons. The standard InChI is InChI=1S/C111H83BN8/c1-110(2,3)87-53-55-94-101(69-87)118(89-61-82(72-33-15-7-16-34-72)59-83(62-89)73-35-17-8-18-36-73)103-67-86(68-104-105(103)112(94)95-56-54-88(111(4,5)6)70-102(95)119(104)90-63-84(74-37-19-9-20-38-74)60-85(64-90)75-39-21-10-22-40-75)80-51-57-99-92(65-80)91-49-31-32-50-98(91)120(99)100-58-52-81(108-113-96(76-41-23-11-24-42-76)71-97(114-108)77-43-25-12-26-44-77)66-93(100)109-116-106(78-45-27-13-28-46-78)115-107(117-109)79-47-29-14-30-48-79/h7-71H,1-6H3. The second kappa shape index (κ2) is 29.7. The number of hydrogen-bond donors (Lipinski definition) is 0. The van der Waals surface area contributed by atoms with E-state index >= 15 is 0 Å². The quantitative estimate of drug-likeness (QED) is 0.100. The Labute approximate surface area is 700 Å². The molecule has 16 aromatic carbocycles. The molecule has 2 aliphatic heterocycles. The molecule has 0 saturated heterocycles. The van der Waals surface area contributed by atoms with Crippen molar-refractivity contribution in [3.63, 3.8) is 0 Å². The maximum atomic E-state index is 5.52. The van der Waals surface area contributed by atoms with Crippen LogP contribution >= 0.6 is 0 Å². The largest absolute Gasteiger partial charge is 0.311 e. The second-order valence-corrected chi connectivity index (χ2v) is 33.6. The zero-order valence-corrected chi connectivity index (χ0v) is 67.7. The first kappa shape index (κ1) is 72.8. The Balaban J connectivity index is 0.842. The van der Waals surface area contributed by atoms with Gasteiger partial charge in [-0.1, -0.05) is 333 Å². The van der Waals surface area contributed by atoms with Crippen molar-refractivity contribution in [2.24, 2.45) is 0 Å². The molecule has 5 heterocycles. The summed E-state index contributed by atoms with van der Waals surface area (Å²) in [7, 11) is 0. The minimum absolute atomic E-state index is 0.176. The van der Waals surface area contributed by atoms with Crippen molar-refractivity contribution in [3.8, 4) is 129 Å². The summed E-state index contributed by atoms with van der Waals surface area (Å²) in [4.78, 5) is 32.4. The third-order valence-electron chi connectivity index (χ3n) is 23.9. The van der Waals surface area contributed by atoms with Crippen LogP contribution in [0.15, 0.2) is 394 Å². The van der Waals surface area contributed by atoms with Gasteiger partial charge in [-0.05, 0) is 197 Å². The molecule has 0 amide bonds. The van der Waals surface area contributed by atoms with Gasteiger partial charge in [0.1, 0.15) is 0 Å². The molecule has 2 aliphatic rings. The van der Waals surface area contributed by atoms with Crippen molar-refractivity contribution in [3.05, 3.63) is 405 Å². The Morgan fingerprint density at radius 1 is 0.225 bits per heavy atom. The third kappa shape index (κ3) is 13.3. The maximum absolute atomic E-state index is 5.52. The molecule has 0 spiro atoms. The number of rotatable bonds is 14. The van der Waals surface area contributed by atoms with Crippen LogP contribution in [-0.4, -0.2) is 36.2 Å². The molecule has 3 aromatic heterocycles. The van der Waals surface area contributed by atoms with E-state index in [1.54, 1.807) is 0 Å². The van der Waals surface area contributed by atoms with Crippen molar-refractivity contribution < 1.29 is 0 Å². The first-order valence-corrected chi connectivity index (χ1v) is 41.4. The topological polar surface area (TPSA) is 75.9 Å². The molecule has 0 N–H and O–H groups in total. The highest BCUT2D eigenvalue weighted by Gasteiger charge is 2.45. The smallest absolute Gasteiger partial charge is 0.252 e. The van der Waals surface area contributed by atoms with Crippen molar-refractivity contribution in [2.75, 3.05) is 9.80 Å². The van der Waals surface area contributed by atoms with E-state index in [1.165, 1.54) is 27.5 Å². The Kier molecular flexibility index (Phi) is 18.0. The highest BCUT2D eigenvalue weighted by molar-refractivity contribution is 7.00. The fourth-order valence-electron chi connectivity index (χ4n) is 17.8. The number of hydrogen-bond acceptors (Lipinski definition) is 7. The number of para-hydroxylation sites is 1. The van der Waals surface area contributed by atoms with Crippen molar-refractivity contribution in [1.82, 2.24) is 29.5 Å². The monoisotopic (exact) mass is 1540 g/mol. The van der Waals surface area contributed by atoms with Crippen LogP contribution < -0.4 is 26.2 Å². The Bertz CT molecular complexity index is 6700. The van der Waals surface area contributed by atoms with Crippen LogP contribution in [0.3, 0.4) is 0 Å². The van der Waals surface area contributed by atoms with Gasteiger partial charge in [0.2, 0.25) is 0 Å². The highest BCUT2D eigenvalue weighted by atomic mass is 15.2. The lowest BCUT2D eigenvalue weighted by Crippen LogP contribution is -2.61. The van der Waals surface area contributed by atoms with Gasteiger partial charge in [-0.3, -0.25) is 0 Å². The number of benzene rings is 16. The van der Waals surface area contributed by atoms with Gasteiger partial charge in [0, 0.05) is 78.3 Å². The van der Waals surface area contributed by atoms with Gasteiger partial charge in [-0.15, -0.1) is 0 Å². The molecule has 0 saturated carbocycles. The van der Waals surface area contributed by atoms with Crippen LogP contribution in [0, 0.1) is 0 Å². The summed E-state index contributed by atoms with van der Waals surface area (Å²) in [6.07, 6.45) is 0. The average Bonchev–Trinajstić information content (AvgIpc) is 0.760. The zero-order chi connectivity index (χ0) is 80.7. The minimum atomic E-state index is -0.188. The first-order chi connectivity index (χ1) is 58.7. The van der Waals surface area contributed by atoms with Crippen molar-refractivity contribution in [2.45, 2.75) is 52.4 Å². The molecule has 0 radical (unpaired) electrons. The fourth-order valence-corrected chi connectivity index (χ4v) is 17.8. The summed E-state index contributed by atoms with van der Waals surface area (Å²) in [5.41, 5.74) is 33.6. The van der Waals surface area contributed by atoms with Gasteiger partial charge in [-0.25, -0.2) is 24.9 Å². The van der Waals surface area contributed by atoms with Crippen LogP contribution in [0.2, 0.25) is 0 Å². The lowest BCUT2D eigenvalue weighted by atomic mass is 9.33. The molecule has 21 rings (SSSR count). The molecule has 0 fully saturated rings. The summed E-state index contributed by atoms with van der Waals surface area (Å²) >= 11 is 0. The average molecular weight is 1540 g/mol. The molecule has 0 unspecified atom stereocenters. The molecule has 9 heteroatoms. The number of anilines is 6. The Hall–Kier alpha value is -14.9. The van der Waals surface area contributed by atoms with Gasteiger partial charge >= 0.3 is 0 Å². The highest BCUT2D eigenvalue weighted by Crippen LogP contribution is 2.51. The number of aromatic nitrogens is 6. The van der Waals surface area contributed by atoms with E-state index in [0.717, 1.165) is 162 Å². The van der Waals surface area contributed by atoms with Gasteiger partial charge < -0.3 is 14.4 Å². The van der Waals surface area contributed by atoms with Crippen LogP contribution in [0.5, 0.6) is 0 Å². The van der Waals surface area contributed by atoms with Crippen molar-refractivity contribution >= 4 is 79.0 Å². The predicted octanol–water partition coefficient (Wildman–Crippen LogP) is 26.8. The van der Waals surface area contributed by atoms with Gasteiger partial charge in [-0.2, -0.15) is 0 Å². The van der Waals surface area contributed by atoms with E-state index in [1.807, 2.05) is 48.5 Å². The second-order valence-electron chi connectivity index (χ2n) is 33.6. The SMILES string of the molecule is CC(C)(C)c1ccc2c(c1)N(c1cc(-c3ccccc3)cc(-c3ccccc3)c1)c1cc(-c3ccc4c(c3)c3ccccc3n4-c3ccc(-c4nc(-c5ccccc5)cc(-c5ccccc5)n4)cc3-c3nc(-c4ccccc4)nc(-c4ccccc4)n3)cc3c1B2c1ccc(C(C)(C)C)cc1N3c1cc(-c2ccccc2)cc(-c2ccccc2)c1. The summed E-state index contributed by atoms with van der Waals surface area (Å²) < 4.78 is 2.41. The fraction of sp³-hybridized carbons (Fsp3) is 0.0721. The summed E-state index contributed by atoms with van der Waals surface area (Å²) in [6, 6.07) is 144. The zero-order valence-electron chi connectivity index (χ0n) is 67.7. The molecule has 8 nitrogen and oxygen atoms in total. The summed E-state index contributed by atoms with van der Waals surface area (Å²) in [6.45, 7) is 13.9. The van der Waals surface area contributed by atoms with Crippen LogP contribution in [0.4, 0.5) is 34.1 Å². The minimum Gasteiger partial charge on any atom is -0.311 e. The van der Waals surface area contributed by atoms with E-state index < -0.39 is 0 Å². The van der Waals surface area contributed by atoms with Crippen LogP contribution in [0.25, 0.3) is 151 Å². The lowest BCUT2D eigenvalue weighted by molar-refractivity contribution is 0.590. The molecule has 19 aromatic rings. The number of nitrogens with zero attached hydrogens (tertiary/aromatic N) is 8. The van der Waals surface area contributed by atoms with E-state index in [4.69, 9.17) is 24.9 Å². The lowest BCUT2D eigenvalue weighted by Gasteiger charge is -2.45. The van der Waals surface area contributed by atoms with Gasteiger partial charge in [0.15, 0.2) is 23.3 Å². The van der Waals surface area contributed by atoms with E-state index in [2.05, 4.69) is 402 Å². The predicted molar refractivity (Wildman–Crippen MR) is 501 cm³/mol. The molecule has 120 heavy (non-hydrogen) atoms. The van der Waals surface area contributed by atoms with Crippen LogP contribution in [0.1, 0.15) is 52.7 Å². The Morgan fingerprint density at radius 2 is 0.583 bits per heavy atom. The van der Waals surface area contributed by atoms with E-state index in [9.17, 15) is 0 Å². The van der Waals surface area contributed by atoms with E-state index in [-0.39, 0.29) is 17.5 Å².